The first-order valence-electron chi connectivity index (χ1n) is 22.3. The summed E-state index contributed by atoms with van der Waals surface area (Å²) in [5.74, 6) is 0.430. The molecule has 0 N–H and O–H groups in total. The summed E-state index contributed by atoms with van der Waals surface area (Å²) in [6.07, 6.45) is 10.1. The number of nitrogens with zero attached hydrogens (tertiary/aromatic N) is 2. The van der Waals surface area contributed by atoms with E-state index in [9.17, 15) is 0 Å². The van der Waals surface area contributed by atoms with Gasteiger partial charge in [0, 0.05) is 11.4 Å². The van der Waals surface area contributed by atoms with Crippen LogP contribution in [-0.4, -0.2) is 0 Å². The van der Waals surface area contributed by atoms with Gasteiger partial charge in [-0.3, -0.25) is 0 Å². The van der Waals surface area contributed by atoms with Crippen LogP contribution in [-0.2, 0) is 0 Å². The maximum absolute atomic E-state index is 2.41. The minimum absolute atomic E-state index is 0.430. The van der Waals surface area contributed by atoms with Crippen molar-refractivity contribution < 1.29 is 0 Å². The first-order chi connectivity index (χ1) is 30.8. The highest BCUT2D eigenvalue weighted by atomic mass is 15.3. The molecular weight excluding hydrogens is 761 g/mol. The van der Waals surface area contributed by atoms with Crippen molar-refractivity contribution in [1.82, 2.24) is 0 Å². The van der Waals surface area contributed by atoms with E-state index in [-0.39, 0.29) is 0 Å². The Bertz CT molecular complexity index is 3220. The Morgan fingerprint density at radius 3 is 1.62 bits per heavy atom. The maximum Gasteiger partial charge on any atom is 0.0703 e. The van der Waals surface area contributed by atoms with E-state index in [1.165, 1.54) is 76.8 Å². The highest BCUT2D eigenvalue weighted by Crippen LogP contribution is 2.54. The molecule has 1 aliphatic heterocycles. The molecule has 306 valence electrons. The normalized spacial score (nSPS) is 12.5. The third kappa shape index (κ3) is 7.53. The number of hydrogen-bond acceptors (Lipinski definition) is 2. The zero-order valence-corrected chi connectivity index (χ0v) is 36.8. The third-order valence-electron chi connectivity index (χ3n) is 12.5. The van der Waals surface area contributed by atoms with Crippen LogP contribution in [0.25, 0.3) is 61.2 Å². The summed E-state index contributed by atoms with van der Waals surface area (Å²) in [5.41, 5.74) is 17.2. The average Bonchev–Trinajstić information content (AvgIpc) is 3.32. The van der Waals surface area contributed by atoms with Crippen LogP contribution in [0, 0.1) is 0 Å². The van der Waals surface area contributed by atoms with Crippen molar-refractivity contribution in [3.05, 3.63) is 222 Å². The molecule has 10 rings (SSSR count). The molecule has 9 aromatic carbocycles. The summed E-state index contributed by atoms with van der Waals surface area (Å²) in [6, 6.07) is 67.0. The molecule has 63 heavy (non-hydrogen) atoms. The second-order valence-electron chi connectivity index (χ2n) is 17.3. The fraction of sp³-hybridized carbons (Fsp3) is 0.115. The van der Waals surface area contributed by atoms with E-state index >= 15 is 0 Å². The van der Waals surface area contributed by atoms with Gasteiger partial charge in [0.15, 0.2) is 0 Å². The first-order valence-corrected chi connectivity index (χ1v) is 22.3. The predicted octanol–water partition coefficient (Wildman–Crippen LogP) is 18.1. The van der Waals surface area contributed by atoms with Gasteiger partial charge in [-0.05, 0) is 164 Å². The van der Waals surface area contributed by atoms with Crippen LogP contribution in [0.5, 0.6) is 0 Å². The number of para-hydroxylation sites is 5. The van der Waals surface area contributed by atoms with Crippen molar-refractivity contribution in [3.8, 4) is 11.1 Å². The molecule has 0 fully saturated rings. The molecule has 0 aromatic heterocycles. The molecule has 2 heteroatoms. The highest BCUT2D eigenvalue weighted by molar-refractivity contribution is 6.10. The van der Waals surface area contributed by atoms with Gasteiger partial charge < -0.3 is 9.80 Å². The second kappa shape index (κ2) is 16.8. The zero-order valence-electron chi connectivity index (χ0n) is 36.8. The second-order valence-corrected chi connectivity index (χ2v) is 17.3. The quantitative estimate of drug-likeness (QED) is 0.0814. The monoisotopic (exact) mass is 812 g/mol. The van der Waals surface area contributed by atoms with Crippen LogP contribution in [0.2, 0.25) is 0 Å². The molecule has 0 amide bonds. The molecule has 2 nitrogen and oxygen atoms in total. The molecule has 0 saturated heterocycles. The summed E-state index contributed by atoms with van der Waals surface area (Å²) in [6.45, 7) is 11.2. The average molecular weight is 813 g/mol. The van der Waals surface area contributed by atoms with Crippen LogP contribution >= 0.6 is 0 Å². The Kier molecular flexibility index (Phi) is 10.6. The number of allylic oxidation sites excluding steroid dienone is 4. The first kappa shape index (κ1) is 39.7. The minimum atomic E-state index is 0.430. The van der Waals surface area contributed by atoms with Crippen LogP contribution < -0.4 is 9.80 Å². The van der Waals surface area contributed by atoms with Gasteiger partial charge in [-0.15, -0.1) is 0 Å². The van der Waals surface area contributed by atoms with E-state index in [2.05, 4.69) is 251 Å². The number of anilines is 6. The Labute approximate surface area is 372 Å². The van der Waals surface area contributed by atoms with Crippen LogP contribution in [0.15, 0.2) is 200 Å². The standard InChI is InChI=1S/C61H52N2/c1-6-7-17-53(41(2)3)56-33-25-44(37-57(56)42(4)5)23-22-43-24-26-46-38-47(28-27-45(46)36-43)48-31-34-54-49(39-48)29-30-50-40-52(32-35-55(50)54)63-60-20-13-11-18-58(60)62(51-15-9-8-10-16-51)59-19-12-14-21-61(59)63/h7-40,42H,6H2,1-5H3/b17-7-,23-22+. The number of benzene rings is 9. The molecule has 0 atom stereocenters. The molecule has 0 radical (unpaired) electrons. The topological polar surface area (TPSA) is 6.48 Å². The smallest absolute Gasteiger partial charge is 0.0703 e. The molecule has 1 heterocycles. The summed E-state index contributed by atoms with van der Waals surface area (Å²) in [4.78, 5) is 4.78. The van der Waals surface area contributed by atoms with Crippen molar-refractivity contribution in [2.75, 3.05) is 9.80 Å². The summed E-state index contributed by atoms with van der Waals surface area (Å²) in [7, 11) is 0. The lowest BCUT2D eigenvalue weighted by Gasteiger charge is -2.40. The van der Waals surface area contributed by atoms with Crippen molar-refractivity contribution >= 4 is 84.2 Å². The van der Waals surface area contributed by atoms with Crippen molar-refractivity contribution in [3.63, 3.8) is 0 Å². The molecular formula is C61H52N2. The van der Waals surface area contributed by atoms with Crippen LogP contribution in [0.4, 0.5) is 34.1 Å². The van der Waals surface area contributed by atoms with Gasteiger partial charge in [-0.25, -0.2) is 0 Å². The van der Waals surface area contributed by atoms with Crippen LogP contribution in [0.1, 0.15) is 69.2 Å². The lowest BCUT2D eigenvalue weighted by molar-refractivity contribution is 0.862. The lowest BCUT2D eigenvalue weighted by atomic mass is 9.88. The molecule has 1 aliphatic rings. The van der Waals surface area contributed by atoms with Gasteiger partial charge in [0.25, 0.3) is 0 Å². The van der Waals surface area contributed by atoms with E-state index in [1.807, 2.05) is 0 Å². The Balaban J connectivity index is 0.922. The van der Waals surface area contributed by atoms with E-state index in [1.54, 1.807) is 0 Å². The predicted molar refractivity (Wildman–Crippen MR) is 274 cm³/mol. The van der Waals surface area contributed by atoms with Gasteiger partial charge in [0.2, 0.25) is 0 Å². The zero-order chi connectivity index (χ0) is 43.0. The van der Waals surface area contributed by atoms with Gasteiger partial charge in [0.1, 0.15) is 0 Å². The Morgan fingerprint density at radius 2 is 0.984 bits per heavy atom. The molecule has 9 aromatic rings. The summed E-state index contributed by atoms with van der Waals surface area (Å²) < 4.78 is 0. The maximum atomic E-state index is 2.41. The van der Waals surface area contributed by atoms with E-state index in [4.69, 9.17) is 0 Å². The van der Waals surface area contributed by atoms with E-state index in [0.717, 1.165) is 40.5 Å². The molecule has 0 saturated carbocycles. The van der Waals surface area contributed by atoms with Crippen LogP contribution in [0.3, 0.4) is 0 Å². The largest absolute Gasteiger partial charge is 0.306 e. The number of hydrogen-bond donors (Lipinski definition) is 0. The molecule has 0 spiro atoms. The van der Waals surface area contributed by atoms with Gasteiger partial charge >= 0.3 is 0 Å². The van der Waals surface area contributed by atoms with Crippen molar-refractivity contribution in [2.24, 2.45) is 0 Å². The SMILES string of the molecule is CC/C=C\C(=C(C)C)c1ccc(/C=C/c2ccc3cc(-c4ccc5c(ccc6cc(N7c8ccccc8N(c8ccccc8)c8ccccc87)ccc65)c4)ccc3c2)cc1C(C)C. The van der Waals surface area contributed by atoms with E-state index < -0.39 is 0 Å². The van der Waals surface area contributed by atoms with E-state index in [0.29, 0.717) is 5.92 Å². The highest BCUT2D eigenvalue weighted by Gasteiger charge is 2.30. The molecule has 0 unspecified atom stereocenters. The van der Waals surface area contributed by atoms with Crippen molar-refractivity contribution in [1.29, 1.82) is 0 Å². The lowest BCUT2D eigenvalue weighted by Crippen LogP contribution is -2.23. The molecule has 0 bridgehead atoms. The fourth-order valence-corrected chi connectivity index (χ4v) is 9.36. The third-order valence-corrected chi connectivity index (χ3v) is 12.5. The summed E-state index contributed by atoms with van der Waals surface area (Å²) in [5, 5.41) is 7.45. The fourth-order valence-electron chi connectivity index (χ4n) is 9.36. The van der Waals surface area contributed by atoms with Gasteiger partial charge in [-0.2, -0.15) is 0 Å². The number of rotatable bonds is 9. The Morgan fingerprint density at radius 1 is 0.476 bits per heavy atom. The van der Waals surface area contributed by atoms with Gasteiger partial charge in [-0.1, -0.05) is 166 Å². The van der Waals surface area contributed by atoms with Crippen molar-refractivity contribution in [2.45, 2.75) is 47.0 Å². The molecule has 0 aliphatic carbocycles. The van der Waals surface area contributed by atoms with Gasteiger partial charge in [0.05, 0.1) is 22.7 Å². The number of fused-ring (bicyclic) bond motifs is 6. The summed E-state index contributed by atoms with van der Waals surface area (Å²) >= 11 is 0. The Hall–Kier alpha value is -7.42. The minimum Gasteiger partial charge on any atom is -0.306 e.